The van der Waals surface area contributed by atoms with Crippen LogP contribution in [0.1, 0.15) is 32.9 Å². The molecule has 0 saturated heterocycles. The van der Waals surface area contributed by atoms with Crippen LogP contribution in [0.5, 0.6) is 0 Å². The molecule has 6 nitrogen and oxygen atoms in total. The normalized spacial score (nSPS) is 10.7. The molecule has 4 rings (SSSR count). The zero-order valence-electron chi connectivity index (χ0n) is 19.9. The van der Waals surface area contributed by atoms with Crippen LogP contribution in [-0.4, -0.2) is 21.4 Å². The molecule has 0 aliphatic rings. The van der Waals surface area contributed by atoms with E-state index in [1.165, 1.54) is 34.4 Å². The number of rotatable bonds is 9. The predicted molar refractivity (Wildman–Crippen MR) is 142 cm³/mol. The summed E-state index contributed by atoms with van der Waals surface area (Å²) in [6.07, 6.45) is 2.20. The largest absolute Gasteiger partial charge is 0.348 e. The summed E-state index contributed by atoms with van der Waals surface area (Å²) in [5.74, 6) is -0.454. The summed E-state index contributed by atoms with van der Waals surface area (Å²) in [4.78, 5) is 28.7. The van der Waals surface area contributed by atoms with E-state index in [2.05, 4.69) is 70.9 Å². The van der Waals surface area contributed by atoms with Crippen molar-refractivity contribution in [3.05, 3.63) is 107 Å². The van der Waals surface area contributed by atoms with Gasteiger partial charge < -0.3 is 9.88 Å². The predicted octanol–water partition coefficient (Wildman–Crippen LogP) is 5.53. The number of nitrogens with zero attached hydrogens (tertiary/aromatic N) is 2. The van der Waals surface area contributed by atoms with Gasteiger partial charge in [0.2, 0.25) is 5.91 Å². The first-order valence-electron chi connectivity index (χ1n) is 11.4. The minimum atomic E-state index is -0.233. The summed E-state index contributed by atoms with van der Waals surface area (Å²) in [5.41, 5.74) is 7.04. The van der Waals surface area contributed by atoms with Crippen molar-refractivity contribution in [2.45, 2.75) is 33.4 Å². The first-order valence-corrected chi connectivity index (χ1v) is 12.3. The molecule has 0 fully saturated rings. The Hall–Kier alpha value is -3.97. The van der Waals surface area contributed by atoms with Crippen LogP contribution in [0, 0.1) is 13.8 Å². The third-order valence-electron chi connectivity index (χ3n) is 5.91. The molecule has 0 aliphatic carbocycles. The Bertz CT molecular complexity index is 1340. The van der Waals surface area contributed by atoms with E-state index in [1.54, 1.807) is 12.1 Å². The molecule has 35 heavy (non-hydrogen) atoms. The van der Waals surface area contributed by atoms with Crippen molar-refractivity contribution in [3.8, 4) is 11.3 Å². The fourth-order valence-electron chi connectivity index (χ4n) is 3.95. The number of anilines is 1. The molecule has 2 amide bonds. The second-order valence-electron chi connectivity index (χ2n) is 8.28. The van der Waals surface area contributed by atoms with Gasteiger partial charge in [0.1, 0.15) is 0 Å². The lowest BCUT2D eigenvalue weighted by Crippen LogP contribution is -2.20. The highest BCUT2D eigenvalue weighted by atomic mass is 32.1. The Kier molecular flexibility index (Phi) is 7.57. The van der Waals surface area contributed by atoms with Gasteiger partial charge in [-0.2, -0.15) is 0 Å². The average molecular weight is 485 g/mol. The number of hydrogen-bond donors (Lipinski definition) is 2. The molecule has 4 aromatic rings. The van der Waals surface area contributed by atoms with E-state index in [1.807, 2.05) is 23.6 Å². The van der Waals surface area contributed by atoms with Gasteiger partial charge in [0.15, 0.2) is 5.13 Å². The smallest absolute Gasteiger partial charge is 0.257 e. The summed E-state index contributed by atoms with van der Waals surface area (Å²) >= 11 is 1.41. The van der Waals surface area contributed by atoms with Crippen LogP contribution in [0.25, 0.3) is 11.3 Å². The molecule has 0 spiro atoms. The van der Waals surface area contributed by atoms with E-state index in [0.29, 0.717) is 17.2 Å². The number of thiazole rings is 1. The van der Waals surface area contributed by atoms with Crippen LogP contribution < -0.4 is 10.6 Å². The average Bonchev–Trinajstić information content (AvgIpc) is 3.45. The Labute approximate surface area is 209 Å². The van der Waals surface area contributed by atoms with E-state index in [0.717, 1.165) is 29.8 Å². The topological polar surface area (TPSA) is 76.0 Å². The van der Waals surface area contributed by atoms with E-state index in [-0.39, 0.29) is 11.8 Å². The van der Waals surface area contributed by atoms with Gasteiger partial charge in [0, 0.05) is 41.0 Å². The lowest BCUT2D eigenvalue weighted by atomic mass is 10.1. The maximum atomic E-state index is 12.7. The molecule has 2 aromatic heterocycles. The highest BCUT2D eigenvalue weighted by Crippen LogP contribution is 2.30. The van der Waals surface area contributed by atoms with Crippen molar-refractivity contribution < 1.29 is 9.59 Å². The van der Waals surface area contributed by atoms with Crippen molar-refractivity contribution in [2.75, 3.05) is 5.32 Å². The summed E-state index contributed by atoms with van der Waals surface area (Å²) in [5, 5.41) is 8.14. The van der Waals surface area contributed by atoms with Gasteiger partial charge in [0.25, 0.3) is 5.91 Å². The quantitative estimate of drug-likeness (QED) is 0.307. The van der Waals surface area contributed by atoms with Crippen molar-refractivity contribution in [1.82, 2.24) is 14.9 Å². The summed E-state index contributed by atoms with van der Waals surface area (Å²) in [6, 6.07) is 19.7. The van der Waals surface area contributed by atoms with Gasteiger partial charge in [-0.15, -0.1) is 11.3 Å². The highest BCUT2D eigenvalue weighted by molar-refractivity contribution is 7.14. The van der Waals surface area contributed by atoms with Gasteiger partial charge in [0.05, 0.1) is 5.69 Å². The first-order chi connectivity index (χ1) is 16.9. The molecule has 0 unspecified atom stereocenters. The Morgan fingerprint density at radius 1 is 1.06 bits per heavy atom. The van der Waals surface area contributed by atoms with Gasteiger partial charge >= 0.3 is 0 Å². The van der Waals surface area contributed by atoms with Crippen LogP contribution in [0.2, 0.25) is 0 Å². The second-order valence-corrected chi connectivity index (χ2v) is 9.14. The number of carbonyl (C=O) groups excluding carboxylic acids is 2. The number of nitrogens with one attached hydrogen (secondary N) is 2. The van der Waals surface area contributed by atoms with Gasteiger partial charge in [-0.3, -0.25) is 14.9 Å². The maximum absolute atomic E-state index is 12.7. The van der Waals surface area contributed by atoms with Crippen molar-refractivity contribution in [2.24, 2.45) is 0 Å². The van der Waals surface area contributed by atoms with Crippen molar-refractivity contribution >= 4 is 28.3 Å². The molecule has 0 aliphatic heterocycles. The third-order valence-corrected chi connectivity index (χ3v) is 6.67. The Morgan fingerprint density at radius 3 is 2.51 bits per heavy atom. The van der Waals surface area contributed by atoms with Crippen molar-refractivity contribution in [1.29, 1.82) is 0 Å². The molecular formula is C28H28N4O2S. The van der Waals surface area contributed by atoms with Gasteiger partial charge in [-0.05, 0) is 55.7 Å². The number of hydrogen-bond acceptors (Lipinski definition) is 4. The fraction of sp³-hybridized carbons (Fsp3) is 0.179. The number of carbonyl (C=O) groups is 2. The third kappa shape index (κ3) is 5.94. The molecule has 7 heteroatoms. The van der Waals surface area contributed by atoms with Crippen LogP contribution >= 0.6 is 11.3 Å². The Balaban J connectivity index is 1.40. The minimum absolute atomic E-state index is 0.221. The first kappa shape index (κ1) is 24.2. The molecule has 0 radical (unpaired) electrons. The zero-order chi connectivity index (χ0) is 24.8. The summed E-state index contributed by atoms with van der Waals surface area (Å²) < 4.78 is 2.32. The Morgan fingerprint density at radius 2 is 1.80 bits per heavy atom. The molecule has 2 heterocycles. The highest BCUT2D eigenvalue weighted by Gasteiger charge is 2.15. The zero-order valence-corrected chi connectivity index (χ0v) is 20.7. The lowest BCUT2D eigenvalue weighted by Gasteiger charge is -2.09. The van der Waals surface area contributed by atoms with Crippen LogP contribution in [0.15, 0.2) is 78.7 Å². The van der Waals surface area contributed by atoms with Gasteiger partial charge in [-0.25, -0.2) is 4.98 Å². The second kappa shape index (κ2) is 11.0. The number of amides is 2. The molecule has 2 aromatic carbocycles. The molecule has 178 valence electrons. The van der Waals surface area contributed by atoms with E-state index >= 15 is 0 Å². The number of benzene rings is 2. The SMILES string of the molecule is C=CC(=O)NCc1ccc(C(=O)Nc2nc(-c3cc(C)n(CCc4ccccc4)c3C)cs2)cc1. The van der Waals surface area contributed by atoms with E-state index < -0.39 is 0 Å². The molecular weight excluding hydrogens is 456 g/mol. The fourth-order valence-corrected chi connectivity index (χ4v) is 4.66. The van der Waals surface area contributed by atoms with Crippen molar-refractivity contribution in [3.63, 3.8) is 0 Å². The maximum Gasteiger partial charge on any atom is 0.257 e. The molecule has 0 saturated carbocycles. The molecule has 2 N–H and O–H groups in total. The van der Waals surface area contributed by atoms with E-state index in [4.69, 9.17) is 0 Å². The summed E-state index contributed by atoms with van der Waals surface area (Å²) in [6.45, 7) is 8.95. The van der Waals surface area contributed by atoms with Crippen LogP contribution in [-0.2, 0) is 24.3 Å². The van der Waals surface area contributed by atoms with Gasteiger partial charge in [-0.1, -0.05) is 49.0 Å². The number of aromatic nitrogens is 2. The van der Waals surface area contributed by atoms with Crippen LogP contribution in [0.3, 0.4) is 0 Å². The van der Waals surface area contributed by atoms with E-state index in [9.17, 15) is 9.59 Å². The number of aryl methyl sites for hydroxylation is 2. The summed E-state index contributed by atoms with van der Waals surface area (Å²) in [7, 11) is 0. The molecule has 0 bridgehead atoms. The van der Waals surface area contributed by atoms with Crippen LogP contribution in [0.4, 0.5) is 5.13 Å². The molecule has 0 atom stereocenters. The monoisotopic (exact) mass is 484 g/mol. The minimum Gasteiger partial charge on any atom is -0.348 e. The lowest BCUT2D eigenvalue weighted by molar-refractivity contribution is -0.116. The standard InChI is InChI=1S/C28H28N4O2S/c1-4-26(33)29-17-22-10-12-23(13-11-22)27(34)31-28-30-25(18-35-28)24-16-19(2)32(20(24)3)15-14-21-8-6-5-7-9-21/h4-13,16,18H,1,14-15,17H2,2-3H3,(H,29,33)(H,30,31,34).